The van der Waals surface area contributed by atoms with Gasteiger partial charge in [0.15, 0.2) is 0 Å². The first-order chi connectivity index (χ1) is 14.8. The first kappa shape index (κ1) is 19.4. The molecule has 1 aliphatic rings. The Kier molecular flexibility index (Phi) is 4.36. The lowest BCUT2D eigenvalue weighted by atomic mass is 10.0. The molecule has 3 aromatic heterocycles. The van der Waals surface area contributed by atoms with E-state index in [2.05, 4.69) is 25.1 Å². The van der Waals surface area contributed by atoms with E-state index in [4.69, 9.17) is 15.3 Å². The van der Waals surface area contributed by atoms with Gasteiger partial charge in [-0.2, -0.15) is 10.1 Å². The van der Waals surface area contributed by atoms with Crippen molar-refractivity contribution in [1.82, 2.24) is 25.1 Å². The van der Waals surface area contributed by atoms with E-state index >= 15 is 0 Å². The molecule has 3 heterocycles. The molecule has 0 saturated heterocycles. The lowest BCUT2D eigenvalue weighted by Crippen LogP contribution is -2.27. The highest BCUT2D eigenvalue weighted by atomic mass is 16.7. The van der Waals surface area contributed by atoms with Crippen LogP contribution in [-0.4, -0.2) is 41.0 Å². The lowest BCUT2D eigenvalue weighted by Gasteiger charge is -2.14. The third-order valence-electron chi connectivity index (χ3n) is 5.42. The van der Waals surface area contributed by atoms with E-state index in [0.717, 1.165) is 35.0 Å². The summed E-state index contributed by atoms with van der Waals surface area (Å²) in [7, 11) is 0. The molecule has 0 aliphatic heterocycles. The van der Waals surface area contributed by atoms with Crippen LogP contribution < -0.4 is 5.32 Å². The third kappa shape index (κ3) is 3.46. The minimum absolute atomic E-state index is 0.119. The summed E-state index contributed by atoms with van der Waals surface area (Å²) < 4.78 is 6.36. The number of aliphatic hydroxyl groups is 3. The van der Waals surface area contributed by atoms with Gasteiger partial charge in [0.2, 0.25) is 5.82 Å². The topological polar surface area (TPSA) is 146 Å². The van der Waals surface area contributed by atoms with E-state index in [1.54, 1.807) is 16.8 Å². The molecule has 1 aliphatic carbocycles. The van der Waals surface area contributed by atoms with E-state index in [0.29, 0.717) is 11.1 Å². The number of benzene rings is 1. The minimum Gasteiger partial charge on any atom is -0.345 e. The van der Waals surface area contributed by atoms with Gasteiger partial charge >= 0.3 is 11.9 Å². The maximum atomic E-state index is 12.9. The molecule has 0 fully saturated rings. The van der Waals surface area contributed by atoms with Gasteiger partial charge in [-0.1, -0.05) is 17.3 Å². The number of fused-ring (bicyclic) bond motifs is 2. The molecule has 4 N–H and O–H groups in total. The number of nitrogens with zero attached hydrogens (tertiary/aromatic N) is 4. The van der Waals surface area contributed by atoms with E-state index < -0.39 is 11.9 Å². The van der Waals surface area contributed by atoms with Crippen molar-refractivity contribution in [2.75, 3.05) is 0 Å². The van der Waals surface area contributed by atoms with Crippen LogP contribution in [0.2, 0.25) is 0 Å². The van der Waals surface area contributed by atoms with Crippen molar-refractivity contribution in [1.29, 1.82) is 0 Å². The summed E-state index contributed by atoms with van der Waals surface area (Å²) in [6.45, 7) is 1.97. The third-order valence-corrected chi connectivity index (χ3v) is 5.42. The van der Waals surface area contributed by atoms with Gasteiger partial charge in [-0.3, -0.25) is 4.79 Å². The van der Waals surface area contributed by atoms with Crippen LogP contribution in [0.3, 0.4) is 0 Å². The van der Waals surface area contributed by atoms with Crippen molar-refractivity contribution >= 4 is 11.4 Å². The highest BCUT2D eigenvalue weighted by molar-refractivity contribution is 6.00. The largest absolute Gasteiger partial charge is 0.360 e. The molecular formula is C21H19N5O5. The van der Waals surface area contributed by atoms with Crippen LogP contribution in [0.1, 0.15) is 45.4 Å². The quantitative estimate of drug-likeness (QED) is 0.360. The molecule has 1 atom stereocenters. The molecule has 0 unspecified atom stereocenters. The fraction of sp³-hybridized carbons (Fsp3) is 0.238. The molecule has 158 valence electrons. The van der Waals surface area contributed by atoms with Crippen molar-refractivity contribution in [2.24, 2.45) is 0 Å². The maximum absolute atomic E-state index is 12.9. The average Bonchev–Trinajstić information content (AvgIpc) is 3.45. The van der Waals surface area contributed by atoms with Crippen molar-refractivity contribution in [3.05, 3.63) is 70.9 Å². The standard InChI is InChI=1S/C21H19N5O5/c1-11-6-7-26-17(8-11)15(10-22-26)19(27)23-16-5-3-12-9-13(2-4-14(12)16)18-24-20(31-25-18)21(28,29)30/h2,4,6-10,16,28-30H,3,5H2,1H3,(H,23,27)/t16-/m1/s1. The summed E-state index contributed by atoms with van der Waals surface area (Å²) in [6, 6.07) is 9.21. The number of nitrogens with one attached hydrogen (secondary N) is 1. The van der Waals surface area contributed by atoms with Crippen LogP contribution in [0.4, 0.5) is 0 Å². The van der Waals surface area contributed by atoms with Gasteiger partial charge in [-0.05, 0) is 54.7 Å². The SMILES string of the molecule is Cc1ccn2ncc(C(=O)N[C@@H]3CCc4cc(-c5noc(C(O)(O)O)n5)ccc43)c2c1. The molecule has 31 heavy (non-hydrogen) atoms. The van der Waals surface area contributed by atoms with Crippen molar-refractivity contribution in [3.8, 4) is 11.4 Å². The number of hydrogen-bond donors (Lipinski definition) is 4. The Morgan fingerprint density at radius 2 is 2.10 bits per heavy atom. The van der Waals surface area contributed by atoms with Crippen LogP contribution in [0, 0.1) is 6.92 Å². The van der Waals surface area contributed by atoms with E-state index in [9.17, 15) is 4.79 Å². The number of rotatable bonds is 4. The van der Waals surface area contributed by atoms with E-state index in [1.165, 1.54) is 0 Å². The van der Waals surface area contributed by atoms with Crippen molar-refractivity contribution in [3.63, 3.8) is 0 Å². The zero-order valence-electron chi connectivity index (χ0n) is 16.5. The molecule has 4 aromatic rings. The Balaban J connectivity index is 1.38. The zero-order valence-corrected chi connectivity index (χ0v) is 16.5. The number of amides is 1. The lowest BCUT2D eigenvalue weighted by molar-refractivity contribution is -0.337. The smallest absolute Gasteiger partial charge is 0.345 e. The zero-order chi connectivity index (χ0) is 21.8. The molecule has 0 bridgehead atoms. The molecule has 10 nitrogen and oxygen atoms in total. The van der Waals surface area contributed by atoms with Gasteiger partial charge in [-0.25, -0.2) is 4.52 Å². The summed E-state index contributed by atoms with van der Waals surface area (Å²) >= 11 is 0. The minimum atomic E-state index is -3.19. The Morgan fingerprint density at radius 1 is 1.26 bits per heavy atom. The van der Waals surface area contributed by atoms with E-state index in [1.807, 2.05) is 37.4 Å². The van der Waals surface area contributed by atoms with Crippen molar-refractivity contribution in [2.45, 2.75) is 31.8 Å². The predicted molar refractivity (Wildman–Crippen MR) is 107 cm³/mol. The summed E-state index contributed by atoms with van der Waals surface area (Å²) in [4.78, 5) is 16.7. The second-order valence-electron chi connectivity index (χ2n) is 7.63. The summed E-state index contributed by atoms with van der Waals surface area (Å²) in [5.41, 5.74) is 4.94. The number of hydrogen-bond acceptors (Lipinski definition) is 8. The van der Waals surface area contributed by atoms with Crippen LogP contribution in [0.15, 0.2) is 47.2 Å². The summed E-state index contributed by atoms with van der Waals surface area (Å²) in [5, 5.41) is 38.5. The number of aryl methyl sites for hydroxylation is 2. The van der Waals surface area contributed by atoms with Gasteiger partial charge in [0.05, 0.1) is 23.3 Å². The number of carbonyl (C=O) groups is 1. The Labute approximate surface area is 175 Å². The summed E-state index contributed by atoms with van der Waals surface area (Å²) in [6.07, 6.45) is 4.88. The van der Waals surface area contributed by atoms with Crippen LogP contribution in [0.5, 0.6) is 0 Å². The van der Waals surface area contributed by atoms with Gasteiger partial charge < -0.3 is 25.2 Å². The fourth-order valence-electron chi connectivity index (χ4n) is 3.88. The predicted octanol–water partition coefficient (Wildman–Crippen LogP) is 1.20. The van der Waals surface area contributed by atoms with E-state index in [-0.39, 0.29) is 17.8 Å². The molecule has 1 amide bonds. The van der Waals surface area contributed by atoms with Crippen molar-refractivity contribution < 1.29 is 24.6 Å². The highest BCUT2D eigenvalue weighted by Gasteiger charge is 2.31. The fourth-order valence-corrected chi connectivity index (χ4v) is 3.88. The normalized spacial score (nSPS) is 15.9. The van der Waals surface area contributed by atoms with Gasteiger partial charge in [0, 0.05) is 11.8 Å². The first-order valence-electron chi connectivity index (χ1n) is 9.69. The Bertz CT molecular complexity index is 1300. The number of aromatic nitrogens is 4. The summed E-state index contributed by atoms with van der Waals surface area (Å²) in [5.74, 6) is -3.96. The van der Waals surface area contributed by atoms with Gasteiger partial charge in [0.1, 0.15) is 0 Å². The Hall–Kier alpha value is -3.60. The molecule has 0 saturated carbocycles. The molecule has 5 rings (SSSR count). The highest BCUT2D eigenvalue weighted by Crippen LogP contribution is 2.34. The molecule has 0 radical (unpaired) electrons. The number of carbonyl (C=O) groups excluding carboxylic acids is 1. The number of pyridine rings is 1. The molecule has 0 spiro atoms. The monoisotopic (exact) mass is 421 g/mol. The second kappa shape index (κ2) is 6.98. The van der Waals surface area contributed by atoms with Crippen LogP contribution >= 0.6 is 0 Å². The van der Waals surface area contributed by atoms with Crippen LogP contribution in [-0.2, 0) is 12.4 Å². The maximum Gasteiger partial charge on any atom is 0.360 e. The van der Waals surface area contributed by atoms with Crippen LogP contribution in [0.25, 0.3) is 16.9 Å². The first-order valence-corrected chi connectivity index (χ1v) is 9.69. The molecular weight excluding hydrogens is 402 g/mol. The van der Waals surface area contributed by atoms with Gasteiger partial charge in [0.25, 0.3) is 5.91 Å². The average molecular weight is 421 g/mol. The molecule has 1 aromatic carbocycles. The van der Waals surface area contributed by atoms with Gasteiger partial charge in [-0.15, -0.1) is 0 Å². The second-order valence-corrected chi connectivity index (χ2v) is 7.63. The Morgan fingerprint density at radius 3 is 2.87 bits per heavy atom. The molecule has 10 heteroatoms.